The Bertz CT molecular complexity index is 792. The van der Waals surface area contributed by atoms with Gasteiger partial charge in [-0.15, -0.1) is 0 Å². The first-order chi connectivity index (χ1) is 11.0. The van der Waals surface area contributed by atoms with Crippen molar-refractivity contribution in [2.75, 3.05) is 13.1 Å². The predicted molar refractivity (Wildman–Crippen MR) is 85.7 cm³/mol. The molecular weight excluding hydrogens is 314 g/mol. The molecule has 1 aromatic carbocycles. The van der Waals surface area contributed by atoms with Crippen LogP contribution in [0.5, 0.6) is 0 Å². The van der Waals surface area contributed by atoms with Crippen molar-refractivity contribution < 1.29 is 13.2 Å². The van der Waals surface area contributed by atoms with Crippen molar-refractivity contribution >= 4 is 15.8 Å². The Balaban J connectivity index is 1.76. The normalized spacial score (nSPS) is 17.3. The number of aromatic nitrogens is 2. The number of sulfonamides is 1. The number of hydrogen-bond donors (Lipinski definition) is 0. The Hall–Kier alpha value is -1.99. The minimum atomic E-state index is -3.56. The van der Waals surface area contributed by atoms with Crippen LogP contribution in [0, 0.1) is 0 Å². The van der Waals surface area contributed by atoms with E-state index in [1.54, 1.807) is 24.4 Å². The minimum absolute atomic E-state index is 0.139. The molecule has 0 amide bonds. The van der Waals surface area contributed by atoms with Gasteiger partial charge in [-0.2, -0.15) is 9.40 Å². The Morgan fingerprint density at radius 3 is 2.57 bits per heavy atom. The number of ketones is 1. The average molecular weight is 333 g/mol. The highest BCUT2D eigenvalue weighted by molar-refractivity contribution is 7.89. The molecule has 0 radical (unpaired) electrons. The van der Waals surface area contributed by atoms with Crippen LogP contribution in [0.25, 0.3) is 0 Å². The van der Waals surface area contributed by atoms with Crippen LogP contribution in [0.2, 0.25) is 0 Å². The predicted octanol–water partition coefficient (Wildman–Crippen LogP) is 2.11. The van der Waals surface area contributed by atoms with Crippen molar-refractivity contribution in [1.82, 2.24) is 14.1 Å². The van der Waals surface area contributed by atoms with E-state index >= 15 is 0 Å². The van der Waals surface area contributed by atoms with E-state index in [1.165, 1.54) is 17.3 Å². The molecular formula is C16H19N3O3S. The van der Waals surface area contributed by atoms with Crippen molar-refractivity contribution in [1.29, 1.82) is 0 Å². The van der Waals surface area contributed by atoms with Gasteiger partial charge in [-0.3, -0.25) is 9.48 Å². The van der Waals surface area contributed by atoms with Gasteiger partial charge in [0, 0.05) is 31.0 Å². The van der Waals surface area contributed by atoms with Crippen molar-refractivity contribution in [2.24, 2.45) is 0 Å². The Morgan fingerprint density at radius 2 is 1.96 bits per heavy atom. The summed E-state index contributed by atoms with van der Waals surface area (Å²) < 4.78 is 28.9. The van der Waals surface area contributed by atoms with E-state index in [1.807, 2.05) is 16.9 Å². The molecule has 0 spiro atoms. The van der Waals surface area contributed by atoms with Gasteiger partial charge in [0.1, 0.15) is 0 Å². The fraction of sp³-hybridized carbons (Fsp3) is 0.375. The number of carbonyl (C=O) groups excluding carboxylic acids is 1. The summed E-state index contributed by atoms with van der Waals surface area (Å²) in [6, 6.07) is 8.35. The molecule has 0 saturated carbocycles. The molecule has 2 aromatic rings. The SMILES string of the molecule is CC(=O)c1cccc(S(=O)(=O)N2CCC(n3cccn3)CC2)c1. The number of Topliss-reactive ketones (excluding diaryl/α,β-unsaturated/α-hetero) is 1. The maximum absolute atomic E-state index is 12.7. The maximum atomic E-state index is 12.7. The summed E-state index contributed by atoms with van der Waals surface area (Å²) in [5.74, 6) is -0.139. The third-order valence-electron chi connectivity index (χ3n) is 4.20. The summed E-state index contributed by atoms with van der Waals surface area (Å²) in [4.78, 5) is 11.6. The van der Waals surface area contributed by atoms with E-state index in [4.69, 9.17) is 0 Å². The van der Waals surface area contributed by atoms with Crippen LogP contribution in [0.3, 0.4) is 0 Å². The number of hydrogen-bond acceptors (Lipinski definition) is 4. The van der Waals surface area contributed by atoms with E-state index in [0.717, 1.165) is 12.8 Å². The zero-order valence-corrected chi connectivity index (χ0v) is 13.7. The second-order valence-electron chi connectivity index (χ2n) is 5.71. The van der Waals surface area contributed by atoms with Gasteiger partial charge in [0.05, 0.1) is 10.9 Å². The van der Waals surface area contributed by atoms with Crippen LogP contribution in [0.15, 0.2) is 47.6 Å². The van der Waals surface area contributed by atoms with E-state index < -0.39 is 10.0 Å². The molecule has 2 heterocycles. The summed E-state index contributed by atoms with van der Waals surface area (Å²) in [6.07, 6.45) is 5.10. The highest BCUT2D eigenvalue weighted by Gasteiger charge is 2.30. The molecule has 0 unspecified atom stereocenters. The van der Waals surface area contributed by atoms with Crippen molar-refractivity contribution in [3.63, 3.8) is 0 Å². The smallest absolute Gasteiger partial charge is 0.243 e. The van der Waals surface area contributed by atoms with Crippen LogP contribution < -0.4 is 0 Å². The lowest BCUT2D eigenvalue weighted by atomic mass is 10.1. The Morgan fingerprint density at radius 1 is 1.22 bits per heavy atom. The third kappa shape index (κ3) is 3.20. The lowest BCUT2D eigenvalue weighted by molar-refractivity contribution is 0.101. The molecule has 0 bridgehead atoms. The molecule has 0 aliphatic carbocycles. The van der Waals surface area contributed by atoms with Gasteiger partial charge >= 0.3 is 0 Å². The molecule has 1 saturated heterocycles. The number of piperidine rings is 1. The summed E-state index contributed by atoms with van der Waals surface area (Å²) >= 11 is 0. The molecule has 122 valence electrons. The van der Waals surface area contributed by atoms with Gasteiger partial charge in [-0.1, -0.05) is 12.1 Å². The largest absolute Gasteiger partial charge is 0.295 e. The summed E-state index contributed by atoms with van der Waals surface area (Å²) in [5, 5.41) is 4.23. The first-order valence-corrected chi connectivity index (χ1v) is 9.03. The number of nitrogens with zero attached hydrogens (tertiary/aromatic N) is 3. The third-order valence-corrected chi connectivity index (χ3v) is 6.10. The van der Waals surface area contributed by atoms with Gasteiger partial charge < -0.3 is 0 Å². The highest BCUT2D eigenvalue weighted by atomic mass is 32.2. The molecule has 3 rings (SSSR count). The second kappa shape index (κ2) is 6.25. The standard InChI is InChI=1S/C16H19N3O3S/c1-13(20)14-4-2-5-16(12-14)23(21,22)18-10-6-15(7-11-18)19-9-3-8-17-19/h2-5,8-9,12,15H,6-7,10-11H2,1H3. The molecule has 1 aliphatic heterocycles. The average Bonchev–Trinajstić information content (AvgIpc) is 3.09. The molecule has 0 N–H and O–H groups in total. The van der Waals surface area contributed by atoms with Crippen LogP contribution in [-0.4, -0.2) is 41.4 Å². The summed E-state index contributed by atoms with van der Waals surface area (Å²) in [7, 11) is -3.56. The lowest BCUT2D eigenvalue weighted by Crippen LogP contribution is -2.39. The molecule has 23 heavy (non-hydrogen) atoms. The molecule has 1 aromatic heterocycles. The quantitative estimate of drug-likeness (QED) is 0.803. The van der Waals surface area contributed by atoms with Gasteiger partial charge in [-0.25, -0.2) is 8.42 Å². The first kappa shape index (κ1) is 15.9. The fourth-order valence-electron chi connectivity index (χ4n) is 2.87. The van der Waals surface area contributed by atoms with Crippen molar-refractivity contribution in [3.8, 4) is 0 Å². The second-order valence-corrected chi connectivity index (χ2v) is 7.64. The van der Waals surface area contributed by atoms with Gasteiger partial charge in [0.25, 0.3) is 0 Å². The van der Waals surface area contributed by atoms with E-state index in [-0.39, 0.29) is 16.7 Å². The minimum Gasteiger partial charge on any atom is -0.295 e. The monoisotopic (exact) mass is 333 g/mol. The zero-order valence-electron chi connectivity index (χ0n) is 12.9. The van der Waals surface area contributed by atoms with Crippen LogP contribution in [-0.2, 0) is 10.0 Å². The lowest BCUT2D eigenvalue weighted by Gasteiger charge is -2.31. The molecule has 0 atom stereocenters. The van der Waals surface area contributed by atoms with E-state index in [2.05, 4.69) is 5.10 Å². The maximum Gasteiger partial charge on any atom is 0.243 e. The topological polar surface area (TPSA) is 72.3 Å². The van der Waals surface area contributed by atoms with Crippen LogP contribution in [0.4, 0.5) is 0 Å². The van der Waals surface area contributed by atoms with Crippen LogP contribution in [0.1, 0.15) is 36.2 Å². The Kier molecular flexibility index (Phi) is 4.32. The van der Waals surface area contributed by atoms with Crippen molar-refractivity contribution in [2.45, 2.75) is 30.7 Å². The van der Waals surface area contributed by atoms with Gasteiger partial charge in [0.2, 0.25) is 10.0 Å². The summed E-state index contributed by atoms with van der Waals surface area (Å²) in [6.45, 7) is 2.34. The molecule has 6 nitrogen and oxygen atoms in total. The highest BCUT2D eigenvalue weighted by Crippen LogP contribution is 2.26. The number of carbonyl (C=O) groups is 1. The molecule has 1 fully saturated rings. The zero-order chi connectivity index (χ0) is 16.4. The van der Waals surface area contributed by atoms with E-state index in [0.29, 0.717) is 18.7 Å². The number of benzene rings is 1. The van der Waals surface area contributed by atoms with Gasteiger partial charge in [0.15, 0.2) is 5.78 Å². The summed E-state index contributed by atoms with van der Waals surface area (Å²) in [5.41, 5.74) is 0.414. The van der Waals surface area contributed by atoms with E-state index in [9.17, 15) is 13.2 Å². The Labute approximate surface area is 135 Å². The molecule has 7 heteroatoms. The van der Waals surface area contributed by atoms with Crippen molar-refractivity contribution in [3.05, 3.63) is 48.3 Å². The first-order valence-electron chi connectivity index (χ1n) is 7.59. The van der Waals surface area contributed by atoms with Gasteiger partial charge in [-0.05, 0) is 38.0 Å². The van der Waals surface area contributed by atoms with Crippen LogP contribution >= 0.6 is 0 Å². The molecule has 1 aliphatic rings. The fourth-order valence-corrected chi connectivity index (χ4v) is 4.38. The number of rotatable bonds is 4.